The van der Waals surface area contributed by atoms with Crippen LogP contribution in [-0.2, 0) is 9.59 Å². The van der Waals surface area contributed by atoms with E-state index in [2.05, 4.69) is 5.32 Å². The minimum absolute atomic E-state index is 0.145. The molecule has 2 aliphatic carbocycles. The molecule has 0 aliphatic heterocycles. The van der Waals surface area contributed by atoms with Crippen molar-refractivity contribution in [3.8, 4) is 0 Å². The van der Waals surface area contributed by atoms with Gasteiger partial charge in [-0.3, -0.25) is 4.79 Å². The Bertz CT molecular complexity index is 771. The number of hydrogen-bond acceptors (Lipinski definition) is 3. The predicted molar refractivity (Wildman–Crippen MR) is 91.0 cm³/mol. The molecule has 4 atom stereocenters. The van der Waals surface area contributed by atoms with Gasteiger partial charge < -0.3 is 15.2 Å². The second kappa shape index (κ2) is 5.93. The van der Waals surface area contributed by atoms with E-state index in [1.165, 1.54) is 0 Å². The van der Waals surface area contributed by atoms with Crippen LogP contribution in [-0.4, -0.2) is 11.9 Å². The molecule has 4 heteroatoms. The van der Waals surface area contributed by atoms with Crippen LogP contribution in [0.3, 0.4) is 0 Å². The van der Waals surface area contributed by atoms with E-state index < -0.39 is 17.8 Å². The number of carboxylic acids is 1. The third-order valence-corrected chi connectivity index (χ3v) is 5.21. The van der Waals surface area contributed by atoms with Crippen LogP contribution in [0.2, 0.25) is 0 Å². The van der Waals surface area contributed by atoms with Gasteiger partial charge in [0.15, 0.2) is 0 Å². The molecule has 1 saturated carbocycles. The van der Waals surface area contributed by atoms with E-state index in [0.29, 0.717) is 0 Å². The number of carbonyl (C=O) groups excluding carboxylic acids is 2. The van der Waals surface area contributed by atoms with Gasteiger partial charge in [-0.1, -0.05) is 35.4 Å². The first-order valence-corrected chi connectivity index (χ1v) is 8.26. The lowest BCUT2D eigenvalue weighted by Gasteiger charge is -2.27. The van der Waals surface area contributed by atoms with Crippen LogP contribution in [0.25, 0.3) is 0 Å². The van der Waals surface area contributed by atoms with Crippen LogP contribution in [0.5, 0.6) is 0 Å². The van der Waals surface area contributed by atoms with Crippen LogP contribution in [0, 0.1) is 37.5 Å². The third-order valence-electron chi connectivity index (χ3n) is 5.21. The number of anilines is 1. The molecule has 0 saturated heterocycles. The first-order chi connectivity index (χ1) is 11.3. The highest BCUT2D eigenvalue weighted by molar-refractivity contribution is 5.97. The standard InChI is InChI=1S/C20H23NO3/c1-10(2)16-13-7-8-14(16)18(20(23)24)17(13)19(22)21-15-9-11(3)5-6-12(15)4/h5-9,13-14,17-18H,1-4H3,(H,21,22)(H,23,24)/p-1/t13-,14+,17-,18-/m0/s1. The number of benzene rings is 1. The second-order valence-electron chi connectivity index (χ2n) is 7.07. The van der Waals surface area contributed by atoms with Crippen LogP contribution in [0.1, 0.15) is 25.0 Å². The normalized spacial score (nSPS) is 27.4. The molecule has 0 heterocycles. The number of carbonyl (C=O) groups is 2. The largest absolute Gasteiger partial charge is 0.550 e. The highest BCUT2D eigenvalue weighted by atomic mass is 16.4. The maximum Gasteiger partial charge on any atom is 0.229 e. The van der Waals surface area contributed by atoms with Gasteiger partial charge in [0.25, 0.3) is 0 Å². The number of fused-ring (bicyclic) bond motifs is 2. The Morgan fingerprint density at radius 1 is 1.04 bits per heavy atom. The molecule has 0 unspecified atom stereocenters. The Kier molecular flexibility index (Phi) is 4.08. The summed E-state index contributed by atoms with van der Waals surface area (Å²) in [5.74, 6) is -3.17. The molecule has 0 radical (unpaired) electrons. The number of hydrogen-bond donors (Lipinski definition) is 1. The topological polar surface area (TPSA) is 69.2 Å². The quantitative estimate of drug-likeness (QED) is 0.868. The SMILES string of the molecule is CC(C)=C1[C@H]2C=C[C@@H]1[C@H](C(=O)Nc1cc(C)ccc1C)[C@H]2C(=O)[O-]. The lowest BCUT2D eigenvalue weighted by atomic mass is 9.82. The Morgan fingerprint density at radius 2 is 1.67 bits per heavy atom. The average molecular weight is 324 g/mol. The average Bonchev–Trinajstić information content (AvgIpc) is 3.06. The summed E-state index contributed by atoms with van der Waals surface area (Å²) in [6.07, 6.45) is 3.88. The van der Waals surface area contributed by atoms with Gasteiger partial charge in [-0.2, -0.15) is 0 Å². The van der Waals surface area contributed by atoms with Gasteiger partial charge in [0.05, 0.1) is 5.92 Å². The summed E-state index contributed by atoms with van der Waals surface area (Å²) in [6, 6.07) is 5.84. The fourth-order valence-electron chi connectivity index (χ4n) is 4.11. The Labute approximate surface area is 142 Å². The monoisotopic (exact) mass is 324 g/mol. The molecule has 24 heavy (non-hydrogen) atoms. The molecule has 1 aromatic rings. The van der Waals surface area contributed by atoms with Crippen molar-refractivity contribution in [3.05, 3.63) is 52.6 Å². The maximum absolute atomic E-state index is 12.9. The van der Waals surface area contributed by atoms with Crippen LogP contribution < -0.4 is 10.4 Å². The summed E-state index contributed by atoms with van der Waals surface area (Å²) in [5.41, 5.74) is 4.89. The molecule has 1 aromatic carbocycles. The molecule has 0 spiro atoms. The van der Waals surface area contributed by atoms with Crippen LogP contribution in [0.4, 0.5) is 5.69 Å². The number of aliphatic carboxylic acids is 1. The number of amides is 1. The fraction of sp³-hybridized carbons (Fsp3) is 0.400. The molecule has 1 fully saturated rings. The Hall–Kier alpha value is -2.36. The molecule has 3 rings (SSSR count). The molecule has 2 aliphatic rings. The number of aryl methyl sites for hydroxylation is 2. The van der Waals surface area contributed by atoms with E-state index in [9.17, 15) is 14.7 Å². The molecule has 4 nitrogen and oxygen atoms in total. The number of allylic oxidation sites excluding steroid dienone is 4. The van der Waals surface area contributed by atoms with Gasteiger partial charge in [0, 0.05) is 29.4 Å². The van der Waals surface area contributed by atoms with E-state index in [0.717, 1.165) is 28.0 Å². The summed E-state index contributed by atoms with van der Waals surface area (Å²) < 4.78 is 0. The van der Waals surface area contributed by atoms with Crippen LogP contribution in [0.15, 0.2) is 41.5 Å². The van der Waals surface area contributed by atoms with Gasteiger partial charge >= 0.3 is 0 Å². The molecule has 2 bridgehead atoms. The smallest absolute Gasteiger partial charge is 0.229 e. The number of nitrogens with one attached hydrogen (secondary N) is 1. The fourth-order valence-corrected chi connectivity index (χ4v) is 4.11. The third kappa shape index (κ3) is 2.56. The van der Waals surface area contributed by atoms with Gasteiger partial charge in [-0.15, -0.1) is 0 Å². The first-order valence-electron chi connectivity index (χ1n) is 8.26. The van der Waals surface area contributed by atoms with E-state index in [1.807, 2.05) is 58.0 Å². The van der Waals surface area contributed by atoms with Gasteiger partial charge in [-0.05, 0) is 44.9 Å². The zero-order chi connectivity index (χ0) is 17.6. The van der Waals surface area contributed by atoms with Gasteiger partial charge in [0.1, 0.15) is 0 Å². The Morgan fingerprint density at radius 3 is 2.25 bits per heavy atom. The summed E-state index contributed by atoms with van der Waals surface area (Å²) in [5, 5.41) is 14.6. The van der Waals surface area contributed by atoms with Crippen molar-refractivity contribution >= 4 is 17.6 Å². The van der Waals surface area contributed by atoms with E-state index >= 15 is 0 Å². The van der Waals surface area contributed by atoms with E-state index in [4.69, 9.17) is 0 Å². The minimum atomic E-state index is -1.15. The molecular weight excluding hydrogens is 302 g/mol. The lowest BCUT2D eigenvalue weighted by molar-refractivity contribution is -0.313. The maximum atomic E-state index is 12.9. The van der Waals surface area contributed by atoms with Crippen molar-refractivity contribution in [2.24, 2.45) is 23.7 Å². The Balaban J connectivity index is 1.94. The van der Waals surface area contributed by atoms with Crippen molar-refractivity contribution in [3.63, 3.8) is 0 Å². The highest BCUT2D eigenvalue weighted by Crippen LogP contribution is 2.53. The highest BCUT2D eigenvalue weighted by Gasteiger charge is 2.52. The van der Waals surface area contributed by atoms with Crippen molar-refractivity contribution < 1.29 is 14.7 Å². The van der Waals surface area contributed by atoms with Crippen molar-refractivity contribution in [2.45, 2.75) is 27.7 Å². The van der Waals surface area contributed by atoms with Crippen molar-refractivity contribution in [1.29, 1.82) is 0 Å². The molecular formula is C20H22NO3-. The van der Waals surface area contributed by atoms with Crippen molar-refractivity contribution in [1.82, 2.24) is 0 Å². The van der Waals surface area contributed by atoms with Crippen LogP contribution >= 0.6 is 0 Å². The van der Waals surface area contributed by atoms with Crippen molar-refractivity contribution in [2.75, 3.05) is 5.32 Å². The second-order valence-corrected chi connectivity index (χ2v) is 7.07. The molecule has 0 aromatic heterocycles. The molecule has 1 amide bonds. The first kappa shape index (κ1) is 16.5. The number of carboxylic acid groups (broad SMARTS) is 1. The van der Waals surface area contributed by atoms with E-state index in [-0.39, 0.29) is 17.7 Å². The van der Waals surface area contributed by atoms with E-state index in [1.54, 1.807) is 0 Å². The lowest BCUT2D eigenvalue weighted by Crippen LogP contribution is -2.42. The summed E-state index contributed by atoms with van der Waals surface area (Å²) in [6.45, 7) is 7.83. The zero-order valence-corrected chi connectivity index (χ0v) is 14.4. The summed E-state index contributed by atoms with van der Waals surface area (Å²) in [4.78, 5) is 24.6. The summed E-state index contributed by atoms with van der Waals surface area (Å²) >= 11 is 0. The molecule has 1 N–H and O–H groups in total. The van der Waals surface area contributed by atoms with Gasteiger partial charge in [0.2, 0.25) is 5.91 Å². The van der Waals surface area contributed by atoms with Gasteiger partial charge in [-0.25, -0.2) is 0 Å². The number of rotatable bonds is 3. The zero-order valence-electron chi connectivity index (χ0n) is 14.4. The predicted octanol–water partition coefficient (Wildman–Crippen LogP) is 2.38. The summed E-state index contributed by atoms with van der Waals surface area (Å²) in [7, 11) is 0. The molecule has 126 valence electrons. The minimum Gasteiger partial charge on any atom is -0.550 e.